The summed E-state index contributed by atoms with van der Waals surface area (Å²) in [5.74, 6) is 5.65. The molecule has 0 radical (unpaired) electrons. The minimum absolute atomic E-state index is 0.0968. The molecular weight excluding hydrogens is 266 g/mol. The normalized spacial score (nSPS) is 9.61. The molecule has 0 saturated heterocycles. The molecule has 2 heterocycles. The number of nitrogens with zero attached hydrogens (tertiary/aromatic N) is 1. The minimum atomic E-state index is -0.0968. The van der Waals surface area contributed by atoms with Crippen LogP contribution in [0.25, 0.3) is 0 Å². The quantitative estimate of drug-likeness (QED) is 0.834. The minimum Gasteiger partial charge on any atom is -0.346 e. The molecule has 0 aliphatic rings. The summed E-state index contributed by atoms with van der Waals surface area (Å²) in [4.78, 5) is 17.2. The van der Waals surface area contributed by atoms with Crippen molar-refractivity contribution in [3.8, 4) is 11.8 Å². The molecule has 0 aliphatic carbocycles. The van der Waals surface area contributed by atoms with E-state index in [4.69, 9.17) is 5.73 Å². The van der Waals surface area contributed by atoms with E-state index >= 15 is 0 Å². The van der Waals surface area contributed by atoms with Gasteiger partial charge in [-0.1, -0.05) is 11.8 Å². The first-order valence-corrected chi connectivity index (χ1v) is 6.98. The van der Waals surface area contributed by atoms with Crippen molar-refractivity contribution >= 4 is 28.6 Å². The fourth-order valence-corrected chi connectivity index (χ4v) is 2.57. The second-order valence-corrected chi connectivity index (χ2v) is 5.24. The molecule has 0 bridgehead atoms. The molecule has 0 unspecified atom stereocenters. The lowest BCUT2D eigenvalue weighted by molar-refractivity contribution is 0.0955. The number of nitrogens with two attached hydrogens (primary N) is 1. The van der Waals surface area contributed by atoms with Gasteiger partial charge in [-0.3, -0.25) is 9.78 Å². The third-order valence-electron chi connectivity index (χ3n) is 2.07. The summed E-state index contributed by atoms with van der Waals surface area (Å²) >= 11 is 2.90. The summed E-state index contributed by atoms with van der Waals surface area (Å²) in [5.41, 5.74) is 7.88. The molecule has 2 rings (SSSR count). The van der Waals surface area contributed by atoms with Crippen molar-refractivity contribution in [3.05, 3.63) is 38.5 Å². The fourth-order valence-electron chi connectivity index (χ4n) is 1.27. The largest absolute Gasteiger partial charge is 0.346 e. The third kappa shape index (κ3) is 3.40. The number of amides is 1. The Morgan fingerprint density at radius 2 is 2.39 bits per heavy atom. The van der Waals surface area contributed by atoms with E-state index in [0.29, 0.717) is 18.0 Å². The Morgan fingerprint density at radius 1 is 1.50 bits per heavy atom. The van der Waals surface area contributed by atoms with E-state index in [-0.39, 0.29) is 5.91 Å². The van der Waals surface area contributed by atoms with Gasteiger partial charge in [0.25, 0.3) is 5.91 Å². The van der Waals surface area contributed by atoms with Crippen LogP contribution >= 0.6 is 22.7 Å². The van der Waals surface area contributed by atoms with Gasteiger partial charge in [0.15, 0.2) is 0 Å². The smallest absolute Gasteiger partial charge is 0.263 e. The molecule has 0 aliphatic heterocycles. The number of rotatable bonds is 3. The van der Waals surface area contributed by atoms with Crippen LogP contribution < -0.4 is 11.1 Å². The number of carbonyl (C=O) groups is 1. The van der Waals surface area contributed by atoms with Crippen molar-refractivity contribution in [2.75, 3.05) is 6.54 Å². The van der Waals surface area contributed by atoms with Gasteiger partial charge < -0.3 is 11.1 Å². The molecule has 0 saturated carbocycles. The molecular formula is C12H11N3OS2. The molecule has 0 atom stereocenters. The average molecular weight is 277 g/mol. The zero-order chi connectivity index (χ0) is 12.8. The number of carbonyl (C=O) groups excluding carboxylic acids is 1. The highest BCUT2D eigenvalue weighted by molar-refractivity contribution is 7.11. The van der Waals surface area contributed by atoms with Gasteiger partial charge in [-0.25, -0.2) is 0 Å². The molecule has 0 spiro atoms. The van der Waals surface area contributed by atoms with E-state index in [1.165, 1.54) is 11.3 Å². The summed E-state index contributed by atoms with van der Waals surface area (Å²) < 4.78 is 0. The number of hydrogen-bond donors (Lipinski definition) is 2. The maximum atomic E-state index is 11.7. The molecule has 3 N–H and O–H groups in total. The van der Waals surface area contributed by atoms with E-state index in [1.807, 2.05) is 11.4 Å². The third-order valence-corrected chi connectivity index (χ3v) is 3.78. The Kier molecular flexibility index (Phi) is 4.47. The first kappa shape index (κ1) is 12.8. The molecule has 2 aromatic heterocycles. The van der Waals surface area contributed by atoms with E-state index in [0.717, 1.165) is 10.4 Å². The summed E-state index contributed by atoms with van der Waals surface area (Å²) in [5, 5.41) is 4.79. The number of nitrogens with one attached hydrogen (secondary N) is 1. The molecule has 4 nitrogen and oxygen atoms in total. The molecule has 92 valence electrons. The van der Waals surface area contributed by atoms with Crippen LogP contribution in [0.15, 0.2) is 23.2 Å². The zero-order valence-electron chi connectivity index (χ0n) is 9.47. The van der Waals surface area contributed by atoms with Gasteiger partial charge in [0.1, 0.15) is 4.88 Å². The van der Waals surface area contributed by atoms with E-state index in [1.54, 1.807) is 23.0 Å². The molecule has 6 heteroatoms. The van der Waals surface area contributed by atoms with Gasteiger partial charge in [0, 0.05) is 15.8 Å². The van der Waals surface area contributed by atoms with Gasteiger partial charge in [0.2, 0.25) is 0 Å². The van der Waals surface area contributed by atoms with Gasteiger partial charge in [0.05, 0.1) is 24.8 Å². The lowest BCUT2D eigenvalue weighted by atomic mass is 10.3. The second-order valence-electron chi connectivity index (χ2n) is 3.36. The van der Waals surface area contributed by atoms with Crippen molar-refractivity contribution in [1.82, 2.24) is 10.3 Å². The molecule has 18 heavy (non-hydrogen) atoms. The van der Waals surface area contributed by atoms with Crippen molar-refractivity contribution in [2.24, 2.45) is 5.73 Å². The monoisotopic (exact) mass is 277 g/mol. The van der Waals surface area contributed by atoms with Crippen LogP contribution in [0, 0.1) is 11.8 Å². The van der Waals surface area contributed by atoms with Gasteiger partial charge in [-0.2, -0.15) is 0 Å². The van der Waals surface area contributed by atoms with Crippen LogP contribution in [0.3, 0.4) is 0 Å². The topological polar surface area (TPSA) is 68.0 Å². The highest BCUT2D eigenvalue weighted by atomic mass is 32.1. The second kappa shape index (κ2) is 6.31. The first-order valence-electron chi connectivity index (χ1n) is 5.22. The van der Waals surface area contributed by atoms with Gasteiger partial charge in [-0.15, -0.1) is 22.7 Å². The number of aromatic nitrogens is 1. The highest BCUT2D eigenvalue weighted by Gasteiger charge is 2.07. The van der Waals surface area contributed by atoms with Crippen LogP contribution in [0.4, 0.5) is 0 Å². The number of thiophene rings is 1. The maximum absolute atomic E-state index is 11.7. The van der Waals surface area contributed by atoms with Crippen molar-refractivity contribution < 1.29 is 4.79 Å². The Morgan fingerprint density at radius 3 is 3.11 bits per heavy atom. The molecule has 1 amide bonds. The van der Waals surface area contributed by atoms with Gasteiger partial charge >= 0.3 is 0 Å². The van der Waals surface area contributed by atoms with Crippen molar-refractivity contribution in [1.29, 1.82) is 0 Å². The van der Waals surface area contributed by atoms with Crippen LogP contribution in [-0.4, -0.2) is 17.4 Å². The van der Waals surface area contributed by atoms with Crippen LogP contribution in [0.1, 0.15) is 20.1 Å². The zero-order valence-corrected chi connectivity index (χ0v) is 11.1. The summed E-state index contributed by atoms with van der Waals surface area (Å²) in [7, 11) is 0. The molecule has 0 fully saturated rings. The van der Waals surface area contributed by atoms with Crippen molar-refractivity contribution in [2.45, 2.75) is 6.54 Å². The summed E-state index contributed by atoms with van der Waals surface area (Å²) in [6.07, 6.45) is 1.56. The fraction of sp³-hybridized carbons (Fsp3) is 0.167. The average Bonchev–Trinajstić information content (AvgIpc) is 3.04. The van der Waals surface area contributed by atoms with Crippen molar-refractivity contribution in [3.63, 3.8) is 0 Å². The predicted molar refractivity (Wildman–Crippen MR) is 73.5 cm³/mol. The van der Waals surface area contributed by atoms with Crippen LogP contribution in [-0.2, 0) is 6.54 Å². The van der Waals surface area contributed by atoms with Gasteiger partial charge in [-0.05, 0) is 6.07 Å². The summed E-state index contributed by atoms with van der Waals surface area (Å²) in [6, 6.07) is 1.96. The lowest BCUT2D eigenvalue weighted by Crippen LogP contribution is -2.21. The SMILES string of the molecule is NCC#Cc1csc(CNC(=O)c2cncs2)c1. The standard InChI is InChI=1S/C12H11N3OS2/c13-3-1-2-9-4-10(17-7-9)5-15-12(16)11-6-14-8-18-11/h4,6-8H,3,5,13H2,(H,15,16). The maximum Gasteiger partial charge on any atom is 0.263 e. The Balaban J connectivity index is 1.90. The first-order chi connectivity index (χ1) is 8.79. The summed E-state index contributed by atoms with van der Waals surface area (Å²) in [6.45, 7) is 0.860. The van der Waals surface area contributed by atoms with Crippen LogP contribution in [0.5, 0.6) is 0 Å². The Labute approximate surface area is 113 Å². The van der Waals surface area contributed by atoms with Crippen LogP contribution in [0.2, 0.25) is 0 Å². The Bertz CT molecular complexity index is 578. The Hall–Kier alpha value is -1.68. The molecule has 2 aromatic rings. The highest BCUT2D eigenvalue weighted by Crippen LogP contribution is 2.14. The van der Waals surface area contributed by atoms with E-state index < -0.39 is 0 Å². The predicted octanol–water partition coefficient (Wildman–Crippen LogP) is 1.44. The van der Waals surface area contributed by atoms with E-state index in [2.05, 4.69) is 22.1 Å². The lowest BCUT2D eigenvalue weighted by Gasteiger charge is -1.99. The number of thiazole rings is 1. The number of hydrogen-bond acceptors (Lipinski definition) is 5. The van der Waals surface area contributed by atoms with E-state index in [9.17, 15) is 4.79 Å². The molecule has 0 aromatic carbocycles.